The van der Waals surface area contributed by atoms with E-state index >= 15 is 0 Å². The van der Waals surface area contributed by atoms with Crippen molar-refractivity contribution < 1.29 is 9.53 Å². The summed E-state index contributed by atoms with van der Waals surface area (Å²) in [5.41, 5.74) is 0.715. The van der Waals surface area contributed by atoms with Crippen LogP contribution in [0.15, 0.2) is 24.3 Å². The van der Waals surface area contributed by atoms with Gasteiger partial charge < -0.3 is 4.74 Å². The van der Waals surface area contributed by atoms with E-state index in [1.54, 1.807) is 18.2 Å². The van der Waals surface area contributed by atoms with Crippen molar-refractivity contribution in [1.29, 1.82) is 0 Å². The fraction of sp³-hybridized carbons (Fsp3) is 0.100. The summed E-state index contributed by atoms with van der Waals surface area (Å²) < 4.78 is 4.89. The van der Waals surface area contributed by atoms with Crippen LogP contribution in [0.3, 0.4) is 0 Å². The molecule has 0 aromatic heterocycles. The molecule has 2 heteroatoms. The summed E-state index contributed by atoms with van der Waals surface area (Å²) in [7, 11) is 0. The highest BCUT2D eigenvalue weighted by atomic mass is 16.5. The molecule has 0 atom stereocenters. The first-order valence-electron chi connectivity index (χ1n) is 3.56. The molecule has 0 fully saturated rings. The van der Waals surface area contributed by atoms with Crippen molar-refractivity contribution in [2.75, 3.05) is 0 Å². The molecular formula is C10H9O2. The Hall–Kier alpha value is -1.57. The van der Waals surface area contributed by atoms with Gasteiger partial charge in [0.1, 0.15) is 5.75 Å². The molecule has 61 valence electrons. The van der Waals surface area contributed by atoms with E-state index < -0.39 is 0 Å². The number of carbonyl (C=O) groups excluding carboxylic acids is 1. The minimum Gasteiger partial charge on any atom is -0.426 e. The van der Waals surface area contributed by atoms with Crippen LogP contribution in [0.25, 0.3) is 6.08 Å². The Balaban J connectivity index is 2.96. The quantitative estimate of drug-likeness (QED) is 0.490. The topological polar surface area (TPSA) is 26.3 Å². The van der Waals surface area contributed by atoms with Crippen molar-refractivity contribution in [2.24, 2.45) is 0 Å². The summed E-state index contributed by atoms with van der Waals surface area (Å²) in [5, 5.41) is 0. The molecule has 1 rings (SSSR count). The number of hydrogen-bond acceptors (Lipinski definition) is 2. The molecule has 12 heavy (non-hydrogen) atoms. The third kappa shape index (κ3) is 1.95. The lowest BCUT2D eigenvalue weighted by Crippen LogP contribution is -2.02. The Kier molecular flexibility index (Phi) is 2.64. The first kappa shape index (κ1) is 8.53. The first-order chi connectivity index (χ1) is 5.74. The molecule has 1 aromatic rings. The van der Waals surface area contributed by atoms with E-state index in [1.807, 2.05) is 6.07 Å². The highest BCUT2D eigenvalue weighted by Crippen LogP contribution is 2.18. The fourth-order valence-corrected chi connectivity index (χ4v) is 0.866. The molecule has 0 aliphatic carbocycles. The highest BCUT2D eigenvalue weighted by Gasteiger charge is 2.00. The summed E-state index contributed by atoms with van der Waals surface area (Å²) in [4.78, 5) is 10.6. The first-order valence-corrected chi connectivity index (χ1v) is 3.56. The van der Waals surface area contributed by atoms with Crippen LogP contribution in [-0.2, 0) is 4.79 Å². The average Bonchev–Trinajstić information content (AvgIpc) is 2.04. The average molecular weight is 161 g/mol. The van der Waals surface area contributed by atoms with Gasteiger partial charge in [0.15, 0.2) is 0 Å². The number of carbonyl (C=O) groups is 1. The maximum Gasteiger partial charge on any atom is 0.308 e. The molecule has 0 unspecified atom stereocenters. The van der Waals surface area contributed by atoms with Gasteiger partial charge in [-0.25, -0.2) is 0 Å². The van der Waals surface area contributed by atoms with Gasteiger partial charge in [-0.15, -0.1) is 0 Å². The normalized spacial score (nSPS) is 9.08. The number of rotatable bonds is 2. The highest BCUT2D eigenvalue weighted by molar-refractivity contribution is 5.71. The molecule has 0 spiro atoms. The van der Waals surface area contributed by atoms with Crippen LogP contribution < -0.4 is 4.74 Å². The van der Waals surface area contributed by atoms with Crippen molar-refractivity contribution in [2.45, 2.75) is 6.92 Å². The number of hydrogen-bond donors (Lipinski definition) is 0. The van der Waals surface area contributed by atoms with Gasteiger partial charge in [0, 0.05) is 12.5 Å². The zero-order chi connectivity index (χ0) is 8.97. The summed E-state index contributed by atoms with van der Waals surface area (Å²) in [6.07, 6.45) is 1.40. The molecule has 2 nitrogen and oxygen atoms in total. The van der Waals surface area contributed by atoms with Gasteiger partial charge in [-0.05, 0) is 6.07 Å². The second kappa shape index (κ2) is 3.72. The minimum atomic E-state index is -0.343. The Morgan fingerprint density at radius 1 is 1.50 bits per heavy atom. The predicted molar refractivity (Wildman–Crippen MR) is 46.5 cm³/mol. The second-order valence-electron chi connectivity index (χ2n) is 2.30. The van der Waals surface area contributed by atoms with Crippen LogP contribution in [-0.4, -0.2) is 5.97 Å². The third-order valence-electron chi connectivity index (χ3n) is 1.35. The number of benzene rings is 1. The number of ether oxygens (including phenoxy) is 1. The zero-order valence-corrected chi connectivity index (χ0v) is 6.78. The fourth-order valence-electron chi connectivity index (χ4n) is 0.866. The van der Waals surface area contributed by atoms with Crippen molar-refractivity contribution in [1.82, 2.24) is 0 Å². The lowest BCUT2D eigenvalue weighted by atomic mass is 10.2. The summed E-state index contributed by atoms with van der Waals surface area (Å²) in [6, 6.07) is 7.08. The third-order valence-corrected chi connectivity index (χ3v) is 1.35. The Morgan fingerprint density at radius 2 is 2.17 bits per heavy atom. The SMILES string of the molecule is [CH]=Cc1ccccc1OC(C)=O. The Morgan fingerprint density at radius 3 is 2.75 bits per heavy atom. The van der Waals surface area contributed by atoms with Gasteiger partial charge in [-0.1, -0.05) is 30.9 Å². The molecule has 0 bridgehead atoms. The molecule has 0 heterocycles. The molecule has 0 saturated carbocycles. The smallest absolute Gasteiger partial charge is 0.308 e. The molecular weight excluding hydrogens is 152 g/mol. The van der Waals surface area contributed by atoms with E-state index in [-0.39, 0.29) is 5.97 Å². The zero-order valence-electron chi connectivity index (χ0n) is 6.78. The molecule has 1 radical (unpaired) electrons. The maximum absolute atomic E-state index is 10.6. The van der Waals surface area contributed by atoms with Crippen LogP contribution in [0.2, 0.25) is 0 Å². The molecule has 0 N–H and O–H groups in total. The maximum atomic E-state index is 10.6. The van der Waals surface area contributed by atoms with Crippen molar-refractivity contribution in [3.8, 4) is 5.75 Å². The predicted octanol–water partition coefficient (Wildman–Crippen LogP) is 2.06. The largest absolute Gasteiger partial charge is 0.426 e. The molecule has 1 aromatic carbocycles. The van der Waals surface area contributed by atoms with E-state index in [0.29, 0.717) is 11.3 Å². The summed E-state index contributed by atoms with van der Waals surface area (Å²) in [5.74, 6) is 0.150. The van der Waals surface area contributed by atoms with Gasteiger partial charge in [0.25, 0.3) is 0 Å². The van der Waals surface area contributed by atoms with Crippen LogP contribution in [0, 0.1) is 6.58 Å². The van der Waals surface area contributed by atoms with Gasteiger partial charge in [0.2, 0.25) is 0 Å². The monoisotopic (exact) mass is 161 g/mol. The van der Waals surface area contributed by atoms with Crippen molar-refractivity contribution >= 4 is 12.0 Å². The van der Waals surface area contributed by atoms with E-state index in [1.165, 1.54) is 13.0 Å². The van der Waals surface area contributed by atoms with Gasteiger partial charge in [-0.2, -0.15) is 0 Å². The van der Waals surface area contributed by atoms with Crippen LogP contribution in [0.5, 0.6) is 5.75 Å². The molecule has 0 aliphatic rings. The van der Waals surface area contributed by atoms with Crippen molar-refractivity contribution in [3.63, 3.8) is 0 Å². The Labute approximate surface area is 71.5 Å². The van der Waals surface area contributed by atoms with Gasteiger partial charge in [-0.3, -0.25) is 4.79 Å². The second-order valence-corrected chi connectivity index (χ2v) is 2.30. The van der Waals surface area contributed by atoms with E-state index in [9.17, 15) is 4.79 Å². The number of esters is 1. The standard InChI is InChI=1S/C10H9O2/c1-3-9-6-4-5-7-10(9)12-8(2)11/h1,3-7H,2H3. The van der Waals surface area contributed by atoms with E-state index in [0.717, 1.165) is 0 Å². The molecule has 0 amide bonds. The molecule has 0 aliphatic heterocycles. The van der Waals surface area contributed by atoms with E-state index in [4.69, 9.17) is 11.3 Å². The summed E-state index contributed by atoms with van der Waals surface area (Å²) in [6.45, 7) is 6.66. The van der Waals surface area contributed by atoms with Crippen molar-refractivity contribution in [3.05, 3.63) is 36.4 Å². The van der Waals surface area contributed by atoms with Crippen LogP contribution in [0.1, 0.15) is 12.5 Å². The lowest BCUT2D eigenvalue weighted by molar-refractivity contribution is -0.131. The van der Waals surface area contributed by atoms with Crippen LogP contribution >= 0.6 is 0 Å². The van der Waals surface area contributed by atoms with Crippen LogP contribution in [0.4, 0.5) is 0 Å². The number of para-hydroxylation sites is 1. The minimum absolute atomic E-state index is 0.343. The van der Waals surface area contributed by atoms with E-state index in [2.05, 4.69) is 0 Å². The molecule has 0 saturated heterocycles. The van der Waals surface area contributed by atoms with Gasteiger partial charge >= 0.3 is 5.97 Å². The lowest BCUT2D eigenvalue weighted by Gasteiger charge is -2.03. The summed E-state index contributed by atoms with van der Waals surface area (Å²) >= 11 is 0. The van der Waals surface area contributed by atoms with Gasteiger partial charge in [0.05, 0.1) is 0 Å². The Bertz CT molecular complexity index is 302.